The van der Waals surface area contributed by atoms with Crippen LogP contribution in [0.15, 0.2) is 40.9 Å². The molecule has 0 aliphatic heterocycles. The van der Waals surface area contributed by atoms with Crippen molar-refractivity contribution in [2.24, 2.45) is 0 Å². The molecule has 6 nitrogen and oxygen atoms in total. The fourth-order valence-electron chi connectivity index (χ4n) is 1.63. The van der Waals surface area contributed by atoms with Gasteiger partial charge in [0.25, 0.3) is 0 Å². The third kappa shape index (κ3) is 3.16. The van der Waals surface area contributed by atoms with E-state index in [-0.39, 0.29) is 17.1 Å². The molecule has 2 aromatic carbocycles. The molecule has 2 aromatic rings. The predicted octanol–water partition coefficient (Wildman–Crippen LogP) is 3.99. The fraction of sp³-hybridized carbons (Fsp3) is 0. The van der Waals surface area contributed by atoms with E-state index in [1.165, 1.54) is 30.3 Å². The maximum atomic E-state index is 13.5. The first kappa shape index (κ1) is 14.9. The van der Waals surface area contributed by atoms with Crippen LogP contribution in [0.3, 0.4) is 0 Å². The molecule has 0 aliphatic rings. The van der Waals surface area contributed by atoms with Gasteiger partial charge in [0.2, 0.25) is 11.6 Å². The molecule has 0 aliphatic carbocycles. The van der Waals surface area contributed by atoms with Gasteiger partial charge in [-0.1, -0.05) is 22.0 Å². The lowest BCUT2D eigenvalue weighted by atomic mass is 10.2. The number of carbonyl (C=O) groups is 1. The van der Waals surface area contributed by atoms with E-state index in [2.05, 4.69) is 15.9 Å². The van der Waals surface area contributed by atoms with Crippen LogP contribution in [0.25, 0.3) is 0 Å². The Bertz CT molecular complexity index is 734. The molecule has 0 bridgehead atoms. The second-order valence-electron chi connectivity index (χ2n) is 3.89. The van der Waals surface area contributed by atoms with Crippen LogP contribution in [0.2, 0.25) is 0 Å². The summed E-state index contributed by atoms with van der Waals surface area (Å²) in [6, 6.07) is 7.45. The Hall–Kier alpha value is -2.48. The summed E-state index contributed by atoms with van der Waals surface area (Å²) >= 11 is 3.11. The number of para-hydroxylation sites is 1. The monoisotopic (exact) mass is 355 g/mol. The lowest BCUT2D eigenvalue weighted by molar-refractivity contribution is -0.388. The Morgan fingerprint density at radius 2 is 2.00 bits per heavy atom. The number of nitro groups is 1. The van der Waals surface area contributed by atoms with Crippen LogP contribution in [0, 0.1) is 15.9 Å². The Kier molecular flexibility index (Phi) is 4.18. The highest BCUT2D eigenvalue weighted by molar-refractivity contribution is 9.10. The largest absolute Gasteiger partial charge is 0.478 e. The van der Waals surface area contributed by atoms with Gasteiger partial charge in [-0.2, -0.15) is 4.39 Å². The molecule has 1 N–H and O–H groups in total. The lowest BCUT2D eigenvalue weighted by Crippen LogP contribution is -2.02. The van der Waals surface area contributed by atoms with Gasteiger partial charge < -0.3 is 9.84 Å². The molecular formula is C13H7BrFNO5. The normalized spacial score (nSPS) is 10.2. The highest BCUT2D eigenvalue weighted by Gasteiger charge is 2.23. The molecule has 0 saturated carbocycles. The first-order valence-corrected chi connectivity index (χ1v) is 6.33. The number of ether oxygens (including phenoxy) is 1. The molecule has 0 amide bonds. The van der Waals surface area contributed by atoms with Gasteiger partial charge in [-0.25, -0.2) is 4.79 Å². The van der Waals surface area contributed by atoms with Gasteiger partial charge in [0, 0.05) is 4.47 Å². The number of benzene rings is 2. The van der Waals surface area contributed by atoms with Gasteiger partial charge in [-0.05, 0) is 30.3 Å². The minimum absolute atomic E-state index is 0.126. The fourth-order valence-corrected chi connectivity index (χ4v) is 1.99. The van der Waals surface area contributed by atoms with Gasteiger partial charge in [0.1, 0.15) is 11.3 Å². The Balaban J connectivity index is 2.51. The quantitative estimate of drug-likeness (QED) is 0.661. The van der Waals surface area contributed by atoms with Gasteiger partial charge in [-0.15, -0.1) is 0 Å². The molecular weight excluding hydrogens is 349 g/mol. The number of hydrogen-bond donors (Lipinski definition) is 1. The highest BCUT2D eigenvalue weighted by Crippen LogP contribution is 2.35. The number of nitro benzene ring substituents is 1. The van der Waals surface area contributed by atoms with Crippen LogP contribution in [-0.4, -0.2) is 16.0 Å². The van der Waals surface area contributed by atoms with Crippen LogP contribution in [0.1, 0.15) is 10.4 Å². The molecule has 0 spiro atoms. The van der Waals surface area contributed by atoms with Crippen LogP contribution >= 0.6 is 15.9 Å². The van der Waals surface area contributed by atoms with Crippen molar-refractivity contribution < 1.29 is 24.0 Å². The average Bonchev–Trinajstić information content (AvgIpc) is 2.40. The van der Waals surface area contributed by atoms with Crippen molar-refractivity contribution in [1.82, 2.24) is 0 Å². The van der Waals surface area contributed by atoms with Crippen molar-refractivity contribution in [3.05, 3.63) is 62.4 Å². The van der Waals surface area contributed by atoms with E-state index in [0.29, 0.717) is 4.47 Å². The first-order valence-electron chi connectivity index (χ1n) is 5.53. The van der Waals surface area contributed by atoms with Gasteiger partial charge >= 0.3 is 11.7 Å². The molecule has 0 radical (unpaired) electrons. The van der Waals surface area contributed by atoms with Crippen molar-refractivity contribution in [3.8, 4) is 11.5 Å². The molecule has 8 heteroatoms. The Labute approximate surface area is 126 Å². The molecule has 0 fully saturated rings. The van der Waals surface area contributed by atoms with Gasteiger partial charge in [0.15, 0.2) is 0 Å². The first-order chi connectivity index (χ1) is 9.90. The molecule has 21 heavy (non-hydrogen) atoms. The summed E-state index contributed by atoms with van der Waals surface area (Å²) in [7, 11) is 0. The van der Waals surface area contributed by atoms with E-state index >= 15 is 0 Å². The van der Waals surface area contributed by atoms with Crippen molar-refractivity contribution in [2.75, 3.05) is 0 Å². The number of carboxylic acid groups (broad SMARTS) is 1. The summed E-state index contributed by atoms with van der Waals surface area (Å²) in [6.07, 6.45) is 0. The number of carboxylic acids is 1. The third-order valence-electron chi connectivity index (χ3n) is 2.52. The predicted molar refractivity (Wildman–Crippen MR) is 74.2 cm³/mol. The number of hydrogen-bond acceptors (Lipinski definition) is 4. The van der Waals surface area contributed by atoms with Crippen molar-refractivity contribution in [2.45, 2.75) is 0 Å². The maximum absolute atomic E-state index is 13.5. The molecule has 0 saturated heterocycles. The number of rotatable bonds is 4. The van der Waals surface area contributed by atoms with E-state index in [9.17, 15) is 19.3 Å². The van der Waals surface area contributed by atoms with E-state index in [4.69, 9.17) is 9.84 Å². The summed E-state index contributed by atoms with van der Waals surface area (Å²) in [5.74, 6) is -2.83. The van der Waals surface area contributed by atoms with Crippen LogP contribution < -0.4 is 4.74 Å². The Morgan fingerprint density at radius 1 is 1.29 bits per heavy atom. The van der Waals surface area contributed by atoms with Crippen LogP contribution in [0.4, 0.5) is 10.1 Å². The topological polar surface area (TPSA) is 89.7 Å². The zero-order valence-corrected chi connectivity index (χ0v) is 11.8. The molecule has 108 valence electrons. The standard InChI is InChI=1S/C13H7BrFNO5/c14-7-4-5-10(8(6-7)13(17)18)21-11-3-1-2-9(15)12(11)16(19)20/h1-6H,(H,17,18). The maximum Gasteiger partial charge on any atom is 0.346 e. The van der Waals surface area contributed by atoms with Gasteiger partial charge in [0.05, 0.1) is 4.92 Å². The smallest absolute Gasteiger partial charge is 0.346 e. The number of halogens is 2. The molecule has 0 unspecified atom stereocenters. The van der Waals surface area contributed by atoms with Crippen molar-refractivity contribution in [3.63, 3.8) is 0 Å². The zero-order valence-electron chi connectivity index (χ0n) is 10.2. The SMILES string of the molecule is O=C(O)c1cc(Br)ccc1Oc1cccc(F)c1[N+](=O)[O-]. The molecule has 2 rings (SSSR count). The summed E-state index contributed by atoms with van der Waals surface area (Å²) in [6.45, 7) is 0. The summed E-state index contributed by atoms with van der Waals surface area (Å²) in [4.78, 5) is 21.1. The average molecular weight is 356 g/mol. The Morgan fingerprint density at radius 3 is 2.62 bits per heavy atom. The van der Waals surface area contributed by atoms with Crippen LogP contribution in [0.5, 0.6) is 11.5 Å². The minimum Gasteiger partial charge on any atom is -0.478 e. The number of aromatic carboxylic acids is 1. The van der Waals surface area contributed by atoms with E-state index in [1.54, 1.807) is 0 Å². The van der Waals surface area contributed by atoms with Crippen molar-refractivity contribution >= 4 is 27.6 Å². The second kappa shape index (κ2) is 5.88. The lowest BCUT2D eigenvalue weighted by Gasteiger charge is -2.09. The highest BCUT2D eigenvalue weighted by atomic mass is 79.9. The van der Waals surface area contributed by atoms with E-state index in [0.717, 1.165) is 6.07 Å². The molecule has 0 atom stereocenters. The second-order valence-corrected chi connectivity index (χ2v) is 4.81. The van der Waals surface area contributed by atoms with Crippen molar-refractivity contribution in [1.29, 1.82) is 0 Å². The molecule has 0 heterocycles. The van der Waals surface area contributed by atoms with Gasteiger partial charge in [-0.3, -0.25) is 10.1 Å². The summed E-state index contributed by atoms with van der Waals surface area (Å²) < 4.78 is 19.2. The summed E-state index contributed by atoms with van der Waals surface area (Å²) in [5, 5.41) is 20.0. The van der Waals surface area contributed by atoms with E-state index in [1.807, 2.05) is 0 Å². The molecule has 0 aromatic heterocycles. The third-order valence-corrected chi connectivity index (χ3v) is 3.02. The minimum atomic E-state index is -1.27. The number of nitrogens with zero attached hydrogens (tertiary/aromatic N) is 1. The van der Waals surface area contributed by atoms with Crippen LogP contribution in [-0.2, 0) is 0 Å². The zero-order chi connectivity index (χ0) is 15.6. The van der Waals surface area contributed by atoms with E-state index < -0.39 is 22.4 Å². The summed E-state index contributed by atoms with van der Waals surface area (Å²) in [5.41, 5.74) is -1.06.